The first-order valence-electron chi connectivity index (χ1n) is 7.80. The molecule has 102 valence electrons. The minimum Gasteiger partial charge on any atom is -0.368 e. The fourth-order valence-corrected chi connectivity index (χ4v) is 3.38. The van der Waals surface area contributed by atoms with Crippen LogP contribution < -0.4 is 0 Å². The maximum Gasteiger partial charge on any atom is 0.0870 e. The largest absolute Gasteiger partial charge is 0.368 e. The predicted octanol–water partition coefficient (Wildman–Crippen LogP) is 4.88. The van der Waals surface area contributed by atoms with Gasteiger partial charge in [0.2, 0.25) is 0 Å². The third kappa shape index (κ3) is 2.62. The van der Waals surface area contributed by atoms with E-state index in [1.165, 1.54) is 43.2 Å². The summed E-state index contributed by atoms with van der Waals surface area (Å²) in [4.78, 5) is 0. The van der Waals surface area contributed by atoms with Gasteiger partial charge in [-0.05, 0) is 47.9 Å². The molecule has 0 fully saturated rings. The summed E-state index contributed by atoms with van der Waals surface area (Å²) in [5, 5.41) is 0. The highest BCUT2D eigenvalue weighted by Gasteiger charge is 2.27. The van der Waals surface area contributed by atoms with E-state index in [1.54, 1.807) is 11.1 Å². The molecule has 0 bridgehead atoms. The molecule has 19 heavy (non-hydrogen) atoms. The van der Waals surface area contributed by atoms with Crippen molar-refractivity contribution in [3.8, 4) is 0 Å². The summed E-state index contributed by atoms with van der Waals surface area (Å²) >= 11 is 0. The van der Waals surface area contributed by atoms with Crippen LogP contribution in [0, 0.1) is 0 Å². The molecule has 0 saturated heterocycles. The van der Waals surface area contributed by atoms with Gasteiger partial charge in [0.15, 0.2) is 0 Å². The lowest BCUT2D eigenvalue weighted by molar-refractivity contribution is 0.0684. The second-order valence-corrected chi connectivity index (χ2v) is 5.80. The van der Waals surface area contributed by atoms with Crippen LogP contribution in [0.15, 0.2) is 24.3 Å². The molecule has 1 atom stereocenters. The molecule has 3 rings (SSSR count). The molecular formula is C18H24O. The lowest BCUT2D eigenvalue weighted by atomic mass is 9.90. The molecule has 1 aliphatic carbocycles. The Balaban J connectivity index is 1.82. The predicted molar refractivity (Wildman–Crippen MR) is 79.3 cm³/mol. The van der Waals surface area contributed by atoms with Crippen molar-refractivity contribution in [2.24, 2.45) is 0 Å². The van der Waals surface area contributed by atoms with E-state index < -0.39 is 0 Å². The summed E-state index contributed by atoms with van der Waals surface area (Å²) in [6.45, 7) is 3.09. The molecule has 1 nitrogen and oxygen atoms in total. The molecule has 0 radical (unpaired) electrons. The Kier molecular flexibility index (Phi) is 4.03. The fourth-order valence-electron chi connectivity index (χ4n) is 3.38. The molecule has 0 N–H and O–H groups in total. The minimum absolute atomic E-state index is 0.333. The number of ether oxygens (including phenoxy) is 1. The van der Waals surface area contributed by atoms with Crippen LogP contribution in [0.4, 0.5) is 0 Å². The Morgan fingerprint density at radius 3 is 3.00 bits per heavy atom. The van der Waals surface area contributed by atoms with Crippen molar-refractivity contribution in [1.29, 1.82) is 0 Å². The smallest absolute Gasteiger partial charge is 0.0870 e. The average Bonchev–Trinajstić information content (AvgIpc) is 2.71. The number of hydrogen-bond donors (Lipinski definition) is 0. The van der Waals surface area contributed by atoms with Crippen LogP contribution >= 0.6 is 0 Å². The van der Waals surface area contributed by atoms with E-state index in [0.29, 0.717) is 6.10 Å². The lowest BCUT2D eigenvalue weighted by Crippen LogP contribution is -2.02. The summed E-state index contributed by atoms with van der Waals surface area (Å²) in [6.07, 6.45) is 13.7. The van der Waals surface area contributed by atoms with E-state index in [-0.39, 0.29) is 0 Å². The Morgan fingerprint density at radius 2 is 2.11 bits per heavy atom. The molecule has 1 heteroatoms. The number of hydrogen-bond acceptors (Lipinski definition) is 1. The van der Waals surface area contributed by atoms with Gasteiger partial charge >= 0.3 is 0 Å². The van der Waals surface area contributed by atoms with E-state index in [9.17, 15) is 0 Å². The Hall–Kier alpha value is -1.08. The van der Waals surface area contributed by atoms with Gasteiger partial charge < -0.3 is 4.74 Å². The summed E-state index contributed by atoms with van der Waals surface area (Å²) in [5.74, 6) is 0. The molecule has 0 saturated carbocycles. The van der Waals surface area contributed by atoms with Gasteiger partial charge in [-0.15, -0.1) is 0 Å². The molecule has 1 heterocycles. The van der Waals surface area contributed by atoms with Gasteiger partial charge in [0.1, 0.15) is 0 Å². The monoisotopic (exact) mass is 256 g/mol. The van der Waals surface area contributed by atoms with E-state index >= 15 is 0 Å². The first kappa shape index (κ1) is 12.9. The van der Waals surface area contributed by atoms with Crippen LogP contribution in [0.5, 0.6) is 0 Å². The van der Waals surface area contributed by atoms with Crippen LogP contribution in [0.1, 0.15) is 67.4 Å². The van der Waals surface area contributed by atoms with Gasteiger partial charge in [-0.2, -0.15) is 0 Å². The molecule has 2 aliphatic rings. The van der Waals surface area contributed by atoms with Crippen LogP contribution in [0.2, 0.25) is 0 Å². The van der Waals surface area contributed by atoms with Crippen molar-refractivity contribution in [1.82, 2.24) is 0 Å². The highest BCUT2D eigenvalue weighted by molar-refractivity contribution is 5.46. The van der Waals surface area contributed by atoms with Crippen molar-refractivity contribution in [2.75, 3.05) is 0 Å². The zero-order chi connectivity index (χ0) is 13.1. The van der Waals surface area contributed by atoms with Gasteiger partial charge in [-0.3, -0.25) is 0 Å². The number of unbranched alkanes of at least 4 members (excludes halogenated alkanes) is 3. The van der Waals surface area contributed by atoms with Crippen molar-refractivity contribution in [3.05, 3.63) is 46.5 Å². The number of allylic oxidation sites excluding steroid dienone is 1. The molecule has 0 spiro atoms. The summed E-state index contributed by atoms with van der Waals surface area (Å²) < 4.78 is 5.93. The normalized spacial score (nSPS) is 20.4. The highest BCUT2D eigenvalue weighted by Crippen LogP contribution is 2.39. The van der Waals surface area contributed by atoms with Crippen LogP contribution in [-0.4, -0.2) is 0 Å². The standard InChI is InChI=1S/C18H24O/c1-2-3-4-5-8-14-11-12-15-13-19-17-10-7-6-9-16(14)18(15)17/h6-7,11-12,17H,2-5,8-10,13H2,1H3. The fraction of sp³-hybridized carbons (Fsp3) is 0.556. The molecule has 1 unspecified atom stereocenters. The number of aryl methyl sites for hydroxylation is 1. The zero-order valence-electron chi connectivity index (χ0n) is 12.0. The minimum atomic E-state index is 0.333. The Labute approximate surface area is 116 Å². The third-order valence-corrected chi connectivity index (χ3v) is 4.44. The molecule has 0 aromatic heterocycles. The third-order valence-electron chi connectivity index (χ3n) is 4.44. The first-order chi connectivity index (χ1) is 9.40. The Bertz CT molecular complexity index is 473. The maximum atomic E-state index is 5.93. The highest BCUT2D eigenvalue weighted by atomic mass is 16.5. The molecule has 1 aliphatic heterocycles. The van der Waals surface area contributed by atoms with Gasteiger partial charge in [0, 0.05) is 0 Å². The van der Waals surface area contributed by atoms with Gasteiger partial charge in [0.05, 0.1) is 12.7 Å². The molecule has 0 amide bonds. The van der Waals surface area contributed by atoms with Gasteiger partial charge in [0.25, 0.3) is 0 Å². The van der Waals surface area contributed by atoms with Gasteiger partial charge in [-0.25, -0.2) is 0 Å². The van der Waals surface area contributed by atoms with E-state index in [4.69, 9.17) is 4.74 Å². The lowest BCUT2D eigenvalue weighted by Gasteiger charge is -2.15. The summed E-state index contributed by atoms with van der Waals surface area (Å²) in [6, 6.07) is 4.66. The van der Waals surface area contributed by atoms with Crippen molar-refractivity contribution >= 4 is 0 Å². The van der Waals surface area contributed by atoms with Crippen molar-refractivity contribution < 1.29 is 4.74 Å². The van der Waals surface area contributed by atoms with Crippen LogP contribution in [-0.2, 0) is 24.2 Å². The van der Waals surface area contributed by atoms with Crippen LogP contribution in [0.3, 0.4) is 0 Å². The van der Waals surface area contributed by atoms with Crippen molar-refractivity contribution in [2.45, 2.75) is 64.6 Å². The maximum absolute atomic E-state index is 5.93. The van der Waals surface area contributed by atoms with E-state index in [0.717, 1.165) is 19.4 Å². The number of rotatable bonds is 5. The summed E-state index contributed by atoms with van der Waals surface area (Å²) in [7, 11) is 0. The van der Waals surface area contributed by atoms with Crippen molar-refractivity contribution in [3.63, 3.8) is 0 Å². The zero-order valence-corrected chi connectivity index (χ0v) is 12.0. The van der Waals surface area contributed by atoms with Crippen LogP contribution in [0.25, 0.3) is 0 Å². The topological polar surface area (TPSA) is 9.23 Å². The molecular weight excluding hydrogens is 232 g/mol. The molecule has 1 aromatic carbocycles. The first-order valence-corrected chi connectivity index (χ1v) is 7.80. The van der Waals surface area contributed by atoms with Gasteiger partial charge in [-0.1, -0.05) is 50.5 Å². The second kappa shape index (κ2) is 5.92. The summed E-state index contributed by atoms with van der Waals surface area (Å²) in [5.41, 5.74) is 6.10. The second-order valence-electron chi connectivity index (χ2n) is 5.80. The number of benzene rings is 1. The van der Waals surface area contributed by atoms with E-state index in [2.05, 4.69) is 31.2 Å². The molecule has 1 aromatic rings. The van der Waals surface area contributed by atoms with E-state index in [1.807, 2.05) is 0 Å². The average molecular weight is 256 g/mol. The quantitative estimate of drug-likeness (QED) is 0.538. The Morgan fingerprint density at radius 1 is 1.16 bits per heavy atom. The SMILES string of the molecule is CCCCCCc1ccc2c3c1CC=CCC3OC2.